The summed E-state index contributed by atoms with van der Waals surface area (Å²) in [4.78, 5) is 0.998. The van der Waals surface area contributed by atoms with Crippen LogP contribution in [0.2, 0.25) is 0 Å². The van der Waals surface area contributed by atoms with Crippen LogP contribution in [-0.2, 0) is 10.0 Å². The van der Waals surface area contributed by atoms with Crippen LogP contribution in [0, 0.1) is 12.8 Å². The van der Waals surface area contributed by atoms with Crippen LogP contribution >= 0.6 is 22.9 Å². The van der Waals surface area contributed by atoms with E-state index in [1.807, 2.05) is 13.0 Å². The molecule has 1 saturated carbocycles. The van der Waals surface area contributed by atoms with E-state index in [0.29, 0.717) is 16.0 Å². The second-order valence-corrected chi connectivity index (χ2v) is 9.03. The monoisotopic (exact) mass is 321 g/mol. The zero-order valence-corrected chi connectivity index (χ0v) is 13.7. The van der Waals surface area contributed by atoms with Gasteiger partial charge >= 0.3 is 0 Å². The van der Waals surface area contributed by atoms with Gasteiger partial charge in [0.2, 0.25) is 0 Å². The second kappa shape index (κ2) is 5.72. The molecule has 1 aromatic heterocycles. The summed E-state index contributed by atoms with van der Waals surface area (Å²) < 4.78 is 28.0. The van der Waals surface area contributed by atoms with E-state index >= 15 is 0 Å². The zero-order valence-electron chi connectivity index (χ0n) is 11.3. The first-order chi connectivity index (χ1) is 8.87. The lowest BCUT2D eigenvalue weighted by Gasteiger charge is -2.38. The Kier molecular flexibility index (Phi) is 4.60. The fourth-order valence-corrected chi connectivity index (χ4v) is 5.62. The number of alkyl halides is 1. The molecular formula is C13H20ClNO2S2. The van der Waals surface area contributed by atoms with E-state index in [1.54, 1.807) is 6.07 Å². The average molecular weight is 322 g/mol. The first-order valence-electron chi connectivity index (χ1n) is 6.53. The van der Waals surface area contributed by atoms with Gasteiger partial charge in [-0.3, -0.25) is 0 Å². The maximum Gasteiger partial charge on any atom is 0.250 e. The average Bonchev–Trinajstić information content (AvgIpc) is 2.80. The Hall–Kier alpha value is -0.100. The van der Waals surface area contributed by atoms with Crippen LogP contribution in [0.15, 0.2) is 16.3 Å². The third kappa shape index (κ3) is 3.51. The van der Waals surface area contributed by atoms with Crippen LogP contribution in [0.3, 0.4) is 0 Å². The molecule has 0 radical (unpaired) electrons. The number of nitrogens with one attached hydrogen (secondary N) is 1. The first-order valence-corrected chi connectivity index (χ1v) is 9.37. The zero-order chi connectivity index (χ0) is 14.1. The van der Waals surface area contributed by atoms with Crippen LogP contribution in [0.5, 0.6) is 0 Å². The van der Waals surface area contributed by atoms with Crippen molar-refractivity contribution >= 4 is 33.0 Å². The maximum atomic E-state index is 12.4. The molecule has 0 amide bonds. The smallest absolute Gasteiger partial charge is 0.206 e. The van der Waals surface area contributed by atoms with Gasteiger partial charge in [0.15, 0.2) is 0 Å². The Morgan fingerprint density at radius 1 is 1.42 bits per heavy atom. The van der Waals surface area contributed by atoms with E-state index < -0.39 is 15.6 Å². The molecule has 1 aromatic rings. The van der Waals surface area contributed by atoms with E-state index in [0.717, 1.165) is 30.6 Å². The summed E-state index contributed by atoms with van der Waals surface area (Å²) in [5.41, 5.74) is -0.467. The minimum atomic E-state index is -3.44. The predicted molar refractivity (Wildman–Crippen MR) is 80.5 cm³/mol. The number of aryl methyl sites for hydroxylation is 1. The number of thiophene rings is 1. The highest BCUT2D eigenvalue weighted by Gasteiger charge is 2.37. The van der Waals surface area contributed by atoms with E-state index in [1.165, 1.54) is 11.3 Å². The van der Waals surface area contributed by atoms with E-state index in [2.05, 4.69) is 11.6 Å². The molecule has 2 rings (SSSR count). The molecule has 1 fully saturated rings. The lowest BCUT2D eigenvalue weighted by molar-refractivity contribution is 0.247. The molecule has 0 unspecified atom stereocenters. The van der Waals surface area contributed by atoms with E-state index in [-0.39, 0.29) is 0 Å². The van der Waals surface area contributed by atoms with Crippen molar-refractivity contribution in [3.63, 3.8) is 0 Å². The second-order valence-electron chi connectivity index (χ2n) is 5.57. The quantitative estimate of drug-likeness (QED) is 0.862. The van der Waals surface area contributed by atoms with Gasteiger partial charge in [0, 0.05) is 16.3 Å². The Morgan fingerprint density at radius 3 is 2.53 bits per heavy atom. The standard InChI is InChI=1S/C13H20ClNO2S2/c1-10-5-7-13(9-14,8-6-10)15-19(16,17)12-4-3-11(2)18-12/h3-4,10,15H,5-9H2,1-2H3. The lowest BCUT2D eigenvalue weighted by atomic mass is 9.79. The summed E-state index contributed by atoms with van der Waals surface area (Å²) in [5, 5.41) is 0. The molecule has 19 heavy (non-hydrogen) atoms. The van der Waals surface area contributed by atoms with Crippen molar-refractivity contribution in [3.05, 3.63) is 17.0 Å². The molecule has 108 valence electrons. The van der Waals surface area contributed by atoms with Crippen molar-refractivity contribution < 1.29 is 8.42 Å². The molecule has 6 heteroatoms. The fourth-order valence-electron chi connectivity index (χ4n) is 2.47. The molecule has 1 N–H and O–H groups in total. The third-order valence-electron chi connectivity index (χ3n) is 3.82. The Morgan fingerprint density at radius 2 is 2.05 bits per heavy atom. The molecule has 1 aliphatic carbocycles. The number of halogens is 1. The summed E-state index contributed by atoms with van der Waals surface area (Å²) in [5.74, 6) is 0.994. The van der Waals surface area contributed by atoms with Crippen LogP contribution < -0.4 is 4.72 Å². The van der Waals surface area contributed by atoms with Crippen molar-refractivity contribution in [2.24, 2.45) is 5.92 Å². The van der Waals surface area contributed by atoms with Gasteiger partial charge in [-0.05, 0) is 50.7 Å². The largest absolute Gasteiger partial charge is 0.250 e. The van der Waals surface area contributed by atoms with Gasteiger partial charge in [0.05, 0.1) is 0 Å². The van der Waals surface area contributed by atoms with Crippen LogP contribution in [0.25, 0.3) is 0 Å². The molecule has 0 atom stereocenters. The Balaban J connectivity index is 2.18. The lowest BCUT2D eigenvalue weighted by Crippen LogP contribution is -2.51. The molecule has 3 nitrogen and oxygen atoms in total. The van der Waals surface area contributed by atoms with Gasteiger partial charge in [-0.15, -0.1) is 22.9 Å². The summed E-state index contributed by atoms with van der Waals surface area (Å²) in [6.45, 7) is 4.11. The van der Waals surface area contributed by atoms with Crippen molar-refractivity contribution in [1.82, 2.24) is 4.72 Å². The molecule has 1 heterocycles. The minimum absolute atomic E-state index is 0.337. The number of sulfonamides is 1. The maximum absolute atomic E-state index is 12.4. The summed E-state index contributed by atoms with van der Waals surface area (Å²) in [7, 11) is -3.44. The van der Waals surface area contributed by atoms with Gasteiger partial charge in [-0.2, -0.15) is 0 Å². The normalized spacial score (nSPS) is 28.5. The third-order valence-corrected chi connectivity index (χ3v) is 7.40. The minimum Gasteiger partial charge on any atom is -0.206 e. The highest BCUT2D eigenvalue weighted by atomic mass is 35.5. The molecular weight excluding hydrogens is 302 g/mol. The van der Waals surface area contributed by atoms with Crippen molar-refractivity contribution in [3.8, 4) is 0 Å². The Labute approximate surface area is 124 Å². The summed E-state index contributed by atoms with van der Waals surface area (Å²) in [6, 6.07) is 3.49. The molecule has 0 saturated heterocycles. The summed E-state index contributed by atoms with van der Waals surface area (Å²) >= 11 is 7.36. The van der Waals surface area contributed by atoms with Crippen LogP contribution in [0.4, 0.5) is 0 Å². The number of rotatable bonds is 4. The highest BCUT2D eigenvalue weighted by Crippen LogP contribution is 2.34. The van der Waals surface area contributed by atoms with Gasteiger partial charge in [0.1, 0.15) is 4.21 Å². The summed E-state index contributed by atoms with van der Waals surface area (Å²) in [6.07, 6.45) is 3.69. The topological polar surface area (TPSA) is 46.2 Å². The van der Waals surface area contributed by atoms with E-state index in [4.69, 9.17) is 11.6 Å². The van der Waals surface area contributed by atoms with Gasteiger partial charge in [-0.1, -0.05) is 6.92 Å². The number of hydrogen-bond donors (Lipinski definition) is 1. The van der Waals surface area contributed by atoms with Gasteiger partial charge in [-0.25, -0.2) is 13.1 Å². The van der Waals surface area contributed by atoms with Crippen molar-refractivity contribution in [1.29, 1.82) is 0 Å². The molecule has 1 aliphatic rings. The molecule has 0 aromatic carbocycles. The first kappa shape index (κ1) is 15.3. The SMILES string of the molecule is Cc1ccc(S(=O)(=O)NC2(CCl)CCC(C)CC2)s1. The van der Waals surface area contributed by atoms with E-state index in [9.17, 15) is 8.42 Å². The van der Waals surface area contributed by atoms with Crippen molar-refractivity contribution in [2.75, 3.05) is 5.88 Å². The Bertz CT molecular complexity index is 531. The predicted octanol–water partition coefficient (Wildman–Crippen LogP) is 3.52. The molecule has 0 spiro atoms. The molecule has 0 bridgehead atoms. The van der Waals surface area contributed by atoms with Gasteiger partial charge in [0.25, 0.3) is 10.0 Å². The van der Waals surface area contributed by atoms with Crippen LogP contribution in [0.1, 0.15) is 37.5 Å². The van der Waals surface area contributed by atoms with Crippen molar-refractivity contribution in [2.45, 2.75) is 49.3 Å². The fraction of sp³-hybridized carbons (Fsp3) is 0.692. The van der Waals surface area contributed by atoms with Crippen LogP contribution in [-0.4, -0.2) is 19.8 Å². The van der Waals surface area contributed by atoms with Gasteiger partial charge < -0.3 is 0 Å². The number of hydrogen-bond acceptors (Lipinski definition) is 3. The highest BCUT2D eigenvalue weighted by molar-refractivity contribution is 7.91. The molecule has 0 aliphatic heterocycles.